The average Bonchev–Trinajstić information content (AvgIpc) is 2.80. The number of piperazine rings is 1. The Morgan fingerprint density at radius 1 is 1.06 bits per heavy atom. The molecule has 0 unspecified atom stereocenters. The summed E-state index contributed by atoms with van der Waals surface area (Å²) in [6.45, 7) is 3.92. The van der Waals surface area contributed by atoms with E-state index in [2.05, 4.69) is 59.2 Å². The lowest BCUT2D eigenvalue weighted by Crippen LogP contribution is -2.43. The van der Waals surface area contributed by atoms with Gasteiger partial charge in [0.1, 0.15) is 5.82 Å². The number of carbonyl (C=O) groups is 1. The quantitative estimate of drug-likeness (QED) is 0.246. The minimum atomic E-state index is -0.650. The molecule has 0 amide bonds. The van der Waals surface area contributed by atoms with E-state index in [4.69, 9.17) is 4.74 Å². The Kier molecular flexibility index (Phi) is 7.34. The lowest BCUT2D eigenvalue weighted by Gasteiger charge is -2.29. The van der Waals surface area contributed by atoms with Crippen molar-refractivity contribution in [3.8, 4) is 5.75 Å². The Morgan fingerprint density at radius 2 is 1.81 bits per heavy atom. The van der Waals surface area contributed by atoms with E-state index in [0.29, 0.717) is 15.8 Å². The van der Waals surface area contributed by atoms with E-state index < -0.39 is 11.8 Å². The van der Waals surface area contributed by atoms with E-state index in [1.807, 2.05) is 12.1 Å². The van der Waals surface area contributed by atoms with Crippen LogP contribution in [0.5, 0.6) is 5.75 Å². The van der Waals surface area contributed by atoms with E-state index in [9.17, 15) is 9.18 Å². The van der Waals surface area contributed by atoms with Gasteiger partial charge in [-0.25, -0.2) is 9.18 Å². The third-order valence-electron chi connectivity index (χ3n) is 4.98. The Labute approximate surface area is 202 Å². The highest BCUT2D eigenvalue weighted by Crippen LogP contribution is 2.33. The highest BCUT2D eigenvalue weighted by atomic mass is 79.9. The molecule has 1 aliphatic rings. The van der Waals surface area contributed by atoms with Crippen molar-refractivity contribution >= 4 is 55.4 Å². The number of ether oxygens (including phenoxy) is 1. The van der Waals surface area contributed by atoms with Crippen molar-refractivity contribution in [1.29, 1.82) is 0 Å². The molecule has 1 aliphatic heterocycles. The molecule has 0 spiro atoms. The maximum atomic E-state index is 13.5. The van der Waals surface area contributed by atoms with Gasteiger partial charge in [-0.2, -0.15) is 0 Å². The number of aliphatic imine (C=N–C) groups is 1. The molecule has 4 rings (SSSR count). The normalized spacial score (nSPS) is 14.0. The number of rotatable bonds is 5. The number of esters is 1. The second-order valence-corrected chi connectivity index (χ2v) is 8.99. The average molecular weight is 561 g/mol. The minimum absolute atomic E-state index is 0.131. The summed E-state index contributed by atoms with van der Waals surface area (Å²) in [5.74, 6) is -0.841. The van der Waals surface area contributed by atoms with Crippen LogP contribution in [0.2, 0.25) is 0 Å². The molecule has 3 aromatic carbocycles. The molecule has 1 saturated heterocycles. The standard InChI is InChI=1S/C24H20Br2FN3O2/c25-18-12-17(15-29-20-4-6-21(7-5-20)30-10-8-28-9-11-30)23(22(26)14-18)32-24(31)16-2-1-3-19(27)13-16/h1-7,12-15,28H,8-11H2. The Balaban J connectivity index is 1.55. The largest absolute Gasteiger partial charge is 0.421 e. The molecule has 0 bridgehead atoms. The predicted molar refractivity (Wildman–Crippen MR) is 132 cm³/mol. The summed E-state index contributed by atoms with van der Waals surface area (Å²) >= 11 is 6.90. The Morgan fingerprint density at radius 3 is 2.53 bits per heavy atom. The molecule has 5 nitrogen and oxygen atoms in total. The highest BCUT2D eigenvalue weighted by Gasteiger charge is 2.16. The van der Waals surface area contributed by atoms with Crippen molar-refractivity contribution in [1.82, 2.24) is 5.32 Å². The van der Waals surface area contributed by atoms with Gasteiger partial charge in [-0.1, -0.05) is 22.0 Å². The van der Waals surface area contributed by atoms with Crippen molar-refractivity contribution in [2.75, 3.05) is 31.1 Å². The van der Waals surface area contributed by atoms with E-state index in [-0.39, 0.29) is 5.56 Å². The summed E-state index contributed by atoms with van der Waals surface area (Å²) in [4.78, 5) is 19.4. The third-order valence-corrected chi connectivity index (χ3v) is 6.02. The van der Waals surface area contributed by atoms with Gasteiger partial charge in [-0.15, -0.1) is 0 Å². The molecule has 32 heavy (non-hydrogen) atoms. The van der Waals surface area contributed by atoms with E-state index in [0.717, 1.165) is 42.4 Å². The molecule has 1 N–H and O–H groups in total. The molecule has 0 saturated carbocycles. The molecule has 1 fully saturated rings. The van der Waals surface area contributed by atoms with E-state index in [1.54, 1.807) is 18.3 Å². The lowest BCUT2D eigenvalue weighted by molar-refractivity contribution is 0.0732. The number of halogens is 3. The van der Waals surface area contributed by atoms with Gasteiger partial charge in [-0.3, -0.25) is 4.99 Å². The van der Waals surface area contributed by atoms with Crippen LogP contribution in [0, 0.1) is 5.82 Å². The molecular weight excluding hydrogens is 541 g/mol. The van der Waals surface area contributed by atoms with Crippen LogP contribution in [0.3, 0.4) is 0 Å². The number of benzene rings is 3. The van der Waals surface area contributed by atoms with Crippen LogP contribution >= 0.6 is 31.9 Å². The second kappa shape index (κ2) is 10.4. The number of hydrogen-bond donors (Lipinski definition) is 1. The molecule has 1 heterocycles. The summed E-state index contributed by atoms with van der Waals surface area (Å²) in [5.41, 5.74) is 2.68. The maximum Gasteiger partial charge on any atom is 0.343 e. The van der Waals surface area contributed by atoms with Crippen molar-refractivity contribution in [2.24, 2.45) is 4.99 Å². The number of anilines is 1. The van der Waals surface area contributed by atoms with Gasteiger partial charge >= 0.3 is 5.97 Å². The zero-order valence-corrected chi connectivity index (χ0v) is 20.2. The van der Waals surface area contributed by atoms with Crippen LogP contribution in [0.4, 0.5) is 15.8 Å². The maximum absolute atomic E-state index is 13.5. The highest BCUT2D eigenvalue weighted by molar-refractivity contribution is 9.11. The molecule has 0 aromatic heterocycles. The predicted octanol–water partition coefficient (Wildman–Crippen LogP) is 5.73. The van der Waals surface area contributed by atoms with Gasteiger partial charge in [0.25, 0.3) is 0 Å². The molecule has 0 radical (unpaired) electrons. The van der Waals surface area contributed by atoms with E-state index in [1.165, 1.54) is 23.9 Å². The fourth-order valence-electron chi connectivity index (χ4n) is 3.37. The van der Waals surface area contributed by atoms with Crippen LogP contribution in [0.15, 0.2) is 74.6 Å². The number of hydrogen-bond acceptors (Lipinski definition) is 5. The first-order valence-electron chi connectivity index (χ1n) is 10.1. The Bertz CT molecular complexity index is 1150. The van der Waals surface area contributed by atoms with Gasteiger partial charge in [0.2, 0.25) is 0 Å². The first kappa shape index (κ1) is 22.6. The summed E-state index contributed by atoms with van der Waals surface area (Å²) in [6, 6.07) is 17.0. The Hall–Kier alpha value is -2.55. The molecule has 8 heteroatoms. The summed E-state index contributed by atoms with van der Waals surface area (Å²) in [5, 5.41) is 3.35. The minimum Gasteiger partial charge on any atom is -0.421 e. The smallest absolute Gasteiger partial charge is 0.343 e. The third kappa shape index (κ3) is 5.62. The lowest BCUT2D eigenvalue weighted by atomic mass is 10.2. The van der Waals surface area contributed by atoms with Gasteiger partial charge in [-0.05, 0) is 70.5 Å². The van der Waals surface area contributed by atoms with Gasteiger partial charge in [0.15, 0.2) is 5.75 Å². The SMILES string of the molecule is O=C(Oc1c(Br)cc(Br)cc1C=Nc1ccc(N2CCNCC2)cc1)c1cccc(F)c1. The molecule has 3 aromatic rings. The number of carbonyl (C=O) groups excluding carboxylic acids is 1. The molecular formula is C24H20Br2FN3O2. The zero-order valence-electron chi connectivity index (χ0n) is 17.0. The number of nitrogens with zero attached hydrogens (tertiary/aromatic N) is 2. The van der Waals surface area contributed by atoms with E-state index >= 15 is 0 Å². The van der Waals surface area contributed by atoms with Crippen LogP contribution in [0.25, 0.3) is 0 Å². The van der Waals surface area contributed by atoms with Crippen molar-refractivity contribution < 1.29 is 13.9 Å². The topological polar surface area (TPSA) is 53.9 Å². The monoisotopic (exact) mass is 559 g/mol. The van der Waals surface area contributed by atoms with Gasteiger partial charge in [0, 0.05) is 48.1 Å². The van der Waals surface area contributed by atoms with Crippen LogP contribution in [-0.4, -0.2) is 38.4 Å². The zero-order chi connectivity index (χ0) is 22.5. The van der Waals surface area contributed by atoms with Crippen molar-refractivity contribution in [3.63, 3.8) is 0 Å². The molecule has 0 aliphatic carbocycles. The fourth-order valence-corrected chi connectivity index (χ4v) is 4.71. The first-order chi connectivity index (χ1) is 15.5. The molecule has 164 valence electrons. The first-order valence-corrected chi connectivity index (χ1v) is 11.6. The summed E-state index contributed by atoms with van der Waals surface area (Å²) < 4.78 is 20.4. The van der Waals surface area contributed by atoms with Crippen molar-refractivity contribution in [2.45, 2.75) is 0 Å². The van der Waals surface area contributed by atoms with Crippen molar-refractivity contribution in [3.05, 3.63) is 86.6 Å². The van der Waals surface area contributed by atoms with Crippen LogP contribution in [-0.2, 0) is 0 Å². The second-order valence-electron chi connectivity index (χ2n) is 7.22. The van der Waals surface area contributed by atoms with Gasteiger partial charge in [0.05, 0.1) is 15.7 Å². The van der Waals surface area contributed by atoms with Gasteiger partial charge < -0.3 is 15.0 Å². The molecule has 0 atom stereocenters. The summed E-state index contributed by atoms with van der Waals surface area (Å²) in [6.07, 6.45) is 1.64. The van der Waals surface area contributed by atoms with Crippen LogP contribution < -0.4 is 15.0 Å². The fraction of sp³-hybridized carbons (Fsp3) is 0.167. The number of nitrogens with one attached hydrogen (secondary N) is 1. The van der Waals surface area contributed by atoms with Crippen LogP contribution in [0.1, 0.15) is 15.9 Å². The summed E-state index contributed by atoms with van der Waals surface area (Å²) in [7, 11) is 0.